The van der Waals surface area contributed by atoms with E-state index in [2.05, 4.69) is 20.6 Å². The molecule has 0 radical (unpaired) electrons. The lowest BCUT2D eigenvalue weighted by Gasteiger charge is -2.27. The maximum Gasteiger partial charge on any atom is 0.240 e. The van der Waals surface area contributed by atoms with E-state index in [1.165, 1.54) is 6.07 Å². The molecule has 0 unspecified atom stereocenters. The number of amides is 1. The quantitative estimate of drug-likeness (QED) is 0.372. The molecule has 2 aromatic heterocycles. The summed E-state index contributed by atoms with van der Waals surface area (Å²) >= 11 is 1.61. The summed E-state index contributed by atoms with van der Waals surface area (Å²) in [5, 5.41) is 7.38. The molecule has 6 nitrogen and oxygen atoms in total. The number of pyridine rings is 1. The van der Waals surface area contributed by atoms with Gasteiger partial charge in [-0.05, 0) is 60.2 Å². The van der Waals surface area contributed by atoms with Crippen LogP contribution in [0.2, 0.25) is 0 Å². The Balaban J connectivity index is 1.36. The van der Waals surface area contributed by atoms with Gasteiger partial charge in [0, 0.05) is 47.3 Å². The molecule has 0 aliphatic carbocycles. The monoisotopic (exact) mass is 469 g/mol. The molecule has 8 heteroatoms. The first-order valence-corrected chi connectivity index (χ1v) is 11.8. The van der Waals surface area contributed by atoms with Crippen molar-refractivity contribution in [2.45, 2.75) is 0 Å². The molecule has 1 aliphatic rings. The second-order valence-electron chi connectivity index (χ2n) is 8.14. The minimum atomic E-state index is -0.365. The molecule has 3 heterocycles. The molecule has 2 N–H and O–H groups in total. The van der Waals surface area contributed by atoms with Gasteiger partial charge in [-0.25, -0.2) is 9.37 Å². The summed E-state index contributed by atoms with van der Waals surface area (Å²) in [7, 11) is 0. The van der Waals surface area contributed by atoms with E-state index in [1.807, 2.05) is 48.0 Å². The fourth-order valence-corrected chi connectivity index (χ4v) is 4.96. The summed E-state index contributed by atoms with van der Waals surface area (Å²) in [6, 6.07) is 18.7. The first kappa shape index (κ1) is 20.7. The number of fused-ring (bicyclic) bond motifs is 2. The van der Waals surface area contributed by atoms with E-state index in [-0.39, 0.29) is 18.3 Å². The molecule has 0 saturated carbocycles. The number of piperazine rings is 1. The van der Waals surface area contributed by atoms with Crippen LogP contribution in [0.5, 0.6) is 0 Å². The topological polar surface area (TPSA) is 70.2 Å². The van der Waals surface area contributed by atoms with Gasteiger partial charge in [0.05, 0.1) is 27.8 Å². The van der Waals surface area contributed by atoms with E-state index in [9.17, 15) is 4.79 Å². The summed E-state index contributed by atoms with van der Waals surface area (Å²) in [6.45, 7) is 1.49. The number of carbonyl (C=O) groups is 1. The Bertz CT molecular complexity index is 1550. The van der Waals surface area contributed by atoms with Gasteiger partial charge < -0.3 is 15.5 Å². The summed E-state index contributed by atoms with van der Waals surface area (Å²) < 4.78 is 16.3. The van der Waals surface area contributed by atoms with Gasteiger partial charge in [-0.1, -0.05) is 6.07 Å². The Hall–Kier alpha value is -3.88. The smallest absolute Gasteiger partial charge is 0.240 e. The van der Waals surface area contributed by atoms with Gasteiger partial charge in [0.25, 0.3) is 0 Å². The standard InChI is InChI=1S/C26H20FN5OS/c27-21-13-18(32-10-9-28-14-26(32)33)3-4-19(21)16-1-5-22-20(11-16)23(7-8-29-22)31-17-2-6-25-24(12-17)30-15-34-25/h1-8,11-13,15,28H,9-10,14H2,(H,29,31). The molecule has 0 atom stereocenters. The van der Waals surface area contributed by atoms with E-state index in [1.54, 1.807) is 34.6 Å². The van der Waals surface area contributed by atoms with Gasteiger partial charge in [-0.15, -0.1) is 11.3 Å². The number of aromatic nitrogens is 2. The number of hydrogen-bond acceptors (Lipinski definition) is 6. The molecule has 6 rings (SSSR count). The second kappa shape index (κ2) is 8.48. The fourth-order valence-electron chi connectivity index (χ4n) is 4.30. The number of nitrogens with one attached hydrogen (secondary N) is 2. The van der Waals surface area contributed by atoms with Crippen molar-refractivity contribution in [1.29, 1.82) is 0 Å². The van der Waals surface area contributed by atoms with Crippen molar-refractivity contribution in [3.63, 3.8) is 0 Å². The van der Waals surface area contributed by atoms with Crippen LogP contribution >= 0.6 is 11.3 Å². The van der Waals surface area contributed by atoms with Gasteiger partial charge in [0.1, 0.15) is 5.82 Å². The largest absolute Gasteiger partial charge is 0.355 e. The van der Waals surface area contributed by atoms with Gasteiger partial charge in [0.15, 0.2) is 0 Å². The second-order valence-corrected chi connectivity index (χ2v) is 9.02. The number of anilines is 3. The van der Waals surface area contributed by atoms with Crippen molar-refractivity contribution in [3.8, 4) is 11.1 Å². The Morgan fingerprint density at radius 2 is 1.94 bits per heavy atom. The lowest BCUT2D eigenvalue weighted by Crippen LogP contribution is -2.48. The number of carbonyl (C=O) groups excluding carboxylic acids is 1. The number of halogens is 1. The third kappa shape index (κ3) is 3.76. The van der Waals surface area contributed by atoms with E-state index in [4.69, 9.17) is 0 Å². The average Bonchev–Trinajstić information content (AvgIpc) is 3.32. The zero-order valence-electron chi connectivity index (χ0n) is 18.1. The van der Waals surface area contributed by atoms with Gasteiger partial charge in [-0.2, -0.15) is 0 Å². The summed E-state index contributed by atoms with van der Waals surface area (Å²) in [5.74, 6) is -0.419. The highest BCUT2D eigenvalue weighted by Gasteiger charge is 2.20. The van der Waals surface area contributed by atoms with Gasteiger partial charge in [-0.3, -0.25) is 9.78 Å². The van der Waals surface area contributed by atoms with Crippen LogP contribution in [0.15, 0.2) is 72.4 Å². The summed E-state index contributed by atoms with van der Waals surface area (Å²) in [5.41, 5.74) is 7.19. The molecular formula is C26H20FN5OS. The molecule has 1 fully saturated rings. The molecule has 3 aromatic carbocycles. The van der Waals surface area contributed by atoms with Crippen molar-refractivity contribution < 1.29 is 9.18 Å². The first-order valence-electron chi connectivity index (χ1n) is 11.0. The fraction of sp³-hybridized carbons (Fsp3) is 0.115. The molecule has 0 spiro atoms. The van der Waals surface area contributed by atoms with Crippen LogP contribution < -0.4 is 15.5 Å². The molecular weight excluding hydrogens is 449 g/mol. The van der Waals surface area contributed by atoms with E-state index in [0.717, 1.165) is 38.1 Å². The molecule has 1 aliphatic heterocycles. The first-order chi connectivity index (χ1) is 16.7. The Morgan fingerprint density at radius 1 is 1.00 bits per heavy atom. The highest BCUT2D eigenvalue weighted by atomic mass is 32.1. The summed E-state index contributed by atoms with van der Waals surface area (Å²) in [4.78, 5) is 22.7. The third-order valence-electron chi connectivity index (χ3n) is 6.02. The zero-order chi connectivity index (χ0) is 23.1. The zero-order valence-corrected chi connectivity index (χ0v) is 18.9. The van der Waals surface area contributed by atoms with Crippen molar-refractivity contribution in [2.24, 2.45) is 0 Å². The lowest BCUT2D eigenvalue weighted by molar-refractivity contribution is -0.118. The van der Waals surface area contributed by atoms with Crippen LogP contribution in [0, 0.1) is 5.82 Å². The van der Waals surface area contributed by atoms with Crippen LogP contribution in [0.4, 0.5) is 21.5 Å². The molecule has 1 amide bonds. The van der Waals surface area contributed by atoms with Crippen molar-refractivity contribution in [1.82, 2.24) is 15.3 Å². The van der Waals surface area contributed by atoms with Crippen LogP contribution in [0.1, 0.15) is 0 Å². The molecule has 5 aromatic rings. The predicted octanol–water partition coefficient (Wildman–Crippen LogP) is 5.33. The van der Waals surface area contributed by atoms with E-state index in [0.29, 0.717) is 24.3 Å². The maximum atomic E-state index is 15.2. The van der Waals surface area contributed by atoms with Crippen molar-refractivity contribution >= 4 is 55.4 Å². The Morgan fingerprint density at radius 3 is 2.82 bits per heavy atom. The number of nitrogens with zero attached hydrogens (tertiary/aromatic N) is 3. The Kier molecular flexibility index (Phi) is 5.16. The lowest BCUT2D eigenvalue weighted by atomic mass is 10.0. The number of hydrogen-bond donors (Lipinski definition) is 2. The van der Waals surface area contributed by atoms with Crippen LogP contribution in [0.3, 0.4) is 0 Å². The minimum Gasteiger partial charge on any atom is -0.355 e. The van der Waals surface area contributed by atoms with E-state index < -0.39 is 0 Å². The van der Waals surface area contributed by atoms with Gasteiger partial charge >= 0.3 is 0 Å². The van der Waals surface area contributed by atoms with Crippen molar-refractivity contribution in [3.05, 3.63) is 78.2 Å². The van der Waals surface area contributed by atoms with E-state index >= 15 is 4.39 Å². The minimum absolute atomic E-state index is 0.0539. The third-order valence-corrected chi connectivity index (χ3v) is 6.83. The Labute approximate surface area is 199 Å². The normalized spacial score (nSPS) is 14.1. The van der Waals surface area contributed by atoms with Gasteiger partial charge in [0.2, 0.25) is 5.91 Å². The highest BCUT2D eigenvalue weighted by Crippen LogP contribution is 2.33. The molecule has 0 bridgehead atoms. The molecule has 34 heavy (non-hydrogen) atoms. The SMILES string of the molecule is O=C1CNCCN1c1ccc(-c2ccc3nccc(Nc4ccc5scnc5c4)c3c2)c(F)c1. The summed E-state index contributed by atoms with van der Waals surface area (Å²) in [6.07, 6.45) is 1.76. The number of rotatable bonds is 4. The van der Waals surface area contributed by atoms with Crippen LogP contribution in [-0.4, -0.2) is 35.5 Å². The predicted molar refractivity (Wildman–Crippen MR) is 135 cm³/mol. The van der Waals surface area contributed by atoms with Crippen molar-refractivity contribution in [2.75, 3.05) is 29.9 Å². The number of thiazole rings is 1. The molecule has 1 saturated heterocycles. The number of benzene rings is 3. The van der Waals surface area contributed by atoms with Crippen LogP contribution in [-0.2, 0) is 4.79 Å². The highest BCUT2D eigenvalue weighted by molar-refractivity contribution is 7.16. The molecule has 168 valence electrons. The maximum absolute atomic E-state index is 15.2. The van der Waals surface area contributed by atoms with Crippen LogP contribution in [0.25, 0.3) is 32.2 Å². The average molecular weight is 470 g/mol.